The summed E-state index contributed by atoms with van der Waals surface area (Å²) < 4.78 is 18.6. The minimum absolute atomic E-state index is 0.0305. The summed E-state index contributed by atoms with van der Waals surface area (Å²) in [6.45, 7) is 0.478. The zero-order valence-electron chi connectivity index (χ0n) is 13.0. The Hall–Kier alpha value is -2.58. The molecule has 8 heteroatoms. The van der Waals surface area contributed by atoms with Crippen molar-refractivity contribution in [2.24, 2.45) is 0 Å². The number of nitrogens with zero attached hydrogens (tertiary/aromatic N) is 3. The molecule has 3 rings (SSSR count). The lowest BCUT2D eigenvalue weighted by atomic mass is 10.1. The van der Waals surface area contributed by atoms with Crippen LogP contribution in [0.5, 0.6) is 0 Å². The summed E-state index contributed by atoms with van der Waals surface area (Å²) in [5.41, 5.74) is 1.79. The summed E-state index contributed by atoms with van der Waals surface area (Å²) in [5, 5.41) is 15.2. The van der Waals surface area contributed by atoms with Crippen molar-refractivity contribution in [2.45, 2.75) is 6.54 Å². The van der Waals surface area contributed by atoms with Gasteiger partial charge in [-0.25, -0.2) is 14.2 Å². The Balaban J connectivity index is 2.13. The lowest BCUT2D eigenvalue weighted by Crippen LogP contribution is -2.10. The van der Waals surface area contributed by atoms with Gasteiger partial charge >= 0.3 is 5.97 Å². The van der Waals surface area contributed by atoms with Crippen LogP contribution in [0.25, 0.3) is 21.8 Å². The highest BCUT2D eigenvalue weighted by atomic mass is 32.1. The number of carboxylic acid groups (broad SMARTS) is 1. The summed E-state index contributed by atoms with van der Waals surface area (Å²) in [7, 11) is 3.77. The molecule has 0 bridgehead atoms. The smallest absolute Gasteiger partial charge is 0.355 e. The van der Waals surface area contributed by atoms with Gasteiger partial charge in [-0.15, -0.1) is 11.3 Å². The molecule has 124 valence electrons. The number of hydrogen-bond acceptors (Lipinski definition) is 6. The van der Waals surface area contributed by atoms with E-state index in [4.69, 9.17) is 9.63 Å². The van der Waals surface area contributed by atoms with Crippen LogP contribution in [0.3, 0.4) is 0 Å². The first-order chi connectivity index (χ1) is 11.5. The minimum Gasteiger partial charge on any atom is -0.476 e. The van der Waals surface area contributed by atoms with E-state index in [9.17, 15) is 9.18 Å². The van der Waals surface area contributed by atoms with Gasteiger partial charge in [-0.2, -0.15) is 0 Å². The van der Waals surface area contributed by atoms with Crippen LogP contribution in [-0.2, 0) is 6.54 Å². The molecule has 24 heavy (non-hydrogen) atoms. The van der Waals surface area contributed by atoms with E-state index < -0.39 is 5.97 Å². The van der Waals surface area contributed by atoms with Gasteiger partial charge in [0, 0.05) is 10.9 Å². The van der Waals surface area contributed by atoms with Crippen molar-refractivity contribution in [3.63, 3.8) is 0 Å². The number of aromatic carboxylic acids is 1. The van der Waals surface area contributed by atoms with Gasteiger partial charge < -0.3 is 14.5 Å². The van der Waals surface area contributed by atoms with E-state index in [1.165, 1.54) is 28.8 Å². The zero-order valence-corrected chi connectivity index (χ0v) is 13.8. The second kappa shape index (κ2) is 6.50. The molecule has 0 spiro atoms. The first-order valence-corrected chi connectivity index (χ1v) is 7.92. The SMILES string of the molecule is CN(C)Cc1onc(-c2ccc(F)cc2)c1-c1nc(C(=O)O)cs1. The van der Waals surface area contributed by atoms with Crippen molar-refractivity contribution < 1.29 is 18.8 Å². The number of carbonyl (C=O) groups is 1. The number of thiazole rings is 1. The molecule has 0 aliphatic rings. The second-order valence-electron chi connectivity index (χ2n) is 5.42. The molecule has 0 saturated carbocycles. The number of hydrogen-bond donors (Lipinski definition) is 1. The fraction of sp³-hybridized carbons (Fsp3) is 0.188. The highest BCUT2D eigenvalue weighted by molar-refractivity contribution is 7.13. The second-order valence-corrected chi connectivity index (χ2v) is 6.28. The number of benzene rings is 1. The molecule has 1 aromatic carbocycles. The largest absolute Gasteiger partial charge is 0.476 e. The van der Waals surface area contributed by atoms with Crippen LogP contribution in [0.15, 0.2) is 34.2 Å². The van der Waals surface area contributed by atoms with Gasteiger partial charge in [0.2, 0.25) is 0 Å². The van der Waals surface area contributed by atoms with E-state index >= 15 is 0 Å². The molecule has 2 aromatic heterocycles. The van der Waals surface area contributed by atoms with Crippen molar-refractivity contribution in [1.82, 2.24) is 15.0 Å². The molecule has 3 aromatic rings. The van der Waals surface area contributed by atoms with E-state index in [0.29, 0.717) is 34.1 Å². The molecule has 0 unspecified atom stereocenters. The molecule has 6 nitrogen and oxygen atoms in total. The Morgan fingerprint density at radius 1 is 1.33 bits per heavy atom. The van der Waals surface area contributed by atoms with Gasteiger partial charge in [0.15, 0.2) is 11.5 Å². The predicted molar refractivity (Wildman–Crippen MR) is 87.4 cm³/mol. The maximum atomic E-state index is 13.2. The van der Waals surface area contributed by atoms with E-state index in [0.717, 1.165) is 0 Å². The van der Waals surface area contributed by atoms with Gasteiger partial charge in [-0.05, 0) is 38.4 Å². The summed E-state index contributed by atoms with van der Waals surface area (Å²) in [4.78, 5) is 17.2. The average molecular weight is 347 g/mol. The zero-order chi connectivity index (χ0) is 17.3. The van der Waals surface area contributed by atoms with E-state index in [-0.39, 0.29) is 11.5 Å². The molecule has 0 radical (unpaired) electrons. The molecule has 0 aliphatic carbocycles. The molecule has 0 saturated heterocycles. The summed E-state index contributed by atoms with van der Waals surface area (Å²) in [6.07, 6.45) is 0. The van der Waals surface area contributed by atoms with Gasteiger partial charge in [0.05, 0.1) is 12.1 Å². The first-order valence-electron chi connectivity index (χ1n) is 7.04. The molecular formula is C16H14FN3O3S. The van der Waals surface area contributed by atoms with E-state index in [2.05, 4.69) is 10.1 Å². The molecule has 1 N–H and O–H groups in total. The normalized spacial score (nSPS) is 11.2. The van der Waals surface area contributed by atoms with Crippen LogP contribution in [0.2, 0.25) is 0 Å². The van der Waals surface area contributed by atoms with Crippen molar-refractivity contribution in [3.8, 4) is 21.8 Å². The van der Waals surface area contributed by atoms with Crippen molar-refractivity contribution >= 4 is 17.3 Å². The Labute approximate surface area is 141 Å². The quantitative estimate of drug-likeness (QED) is 0.762. The average Bonchev–Trinajstić information content (AvgIpc) is 3.14. The Bertz CT molecular complexity index is 871. The summed E-state index contributed by atoms with van der Waals surface area (Å²) in [5.74, 6) is -0.864. The summed E-state index contributed by atoms with van der Waals surface area (Å²) in [6, 6.07) is 5.87. The Morgan fingerprint density at radius 2 is 2.04 bits per heavy atom. The monoisotopic (exact) mass is 347 g/mol. The molecule has 0 atom stereocenters. The highest BCUT2D eigenvalue weighted by Gasteiger charge is 2.23. The van der Waals surface area contributed by atoms with E-state index in [1.54, 1.807) is 12.1 Å². The minimum atomic E-state index is -1.09. The van der Waals surface area contributed by atoms with Gasteiger partial charge in [-0.1, -0.05) is 5.16 Å². The van der Waals surface area contributed by atoms with Crippen molar-refractivity contribution in [3.05, 3.63) is 46.9 Å². The molecular weight excluding hydrogens is 333 g/mol. The molecule has 0 amide bonds. The molecule has 0 aliphatic heterocycles. The van der Waals surface area contributed by atoms with Crippen LogP contribution in [-0.4, -0.2) is 40.2 Å². The predicted octanol–water partition coefficient (Wildman–Crippen LogP) is 3.36. The number of aromatic nitrogens is 2. The standard InChI is InChI=1S/C16H14FN3O3S/c1-20(2)7-12-13(15-18-11(8-24-15)16(21)22)14(19-23-12)9-3-5-10(17)6-4-9/h3-6,8H,7H2,1-2H3,(H,21,22). The van der Waals surface area contributed by atoms with Gasteiger partial charge in [0.1, 0.15) is 16.5 Å². The Morgan fingerprint density at radius 3 is 2.62 bits per heavy atom. The van der Waals surface area contributed by atoms with E-state index in [1.807, 2.05) is 19.0 Å². The van der Waals surface area contributed by atoms with Crippen LogP contribution in [0.1, 0.15) is 16.2 Å². The maximum absolute atomic E-state index is 13.2. The topological polar surface area (TPSA) is 79.5 Å². The third kappa shape index (κ3) is 3.19. The van der Waals surface area contributed by atoms with Gasteiger partial charge in [0.25, 0.3) is 0 Å². The number of carboxylic acids is 1. The Kier molecular flexibility index (Phi) is 4.41. The summed E-state index contributed by atoms with van der Waals surface area (Å²) >= 11 is 1.20. The molecule has 0 fully saturated rings. The fourth-order valence-corrected chi connectivity index (χ4v) is 3.09. The lowest BCUT2D eigenvalue weighted by molar-refractivity contribution is 0.0691. The lowest BCUT2D eigenvalue weighted by Gasteiger charge is -2.07. The van der Waals surface area contributed by atoms with Crippen LogP contribution in [0.4, 0.5) is 4.39 Å². The maximum Gasteiger partial charge on any atom is 0.355 e. The van der Waals surface area contributed by atoms with Crippen molar-refractivity contribution in [2.75, 3.05) is 14.1 Å². The number of rotatable bonds is 5. The number of halogens is 1. The third-order valence-corrected chi connectivity index (χ3v) is 4.14. The van der Waals surface area contributed by atoms with Crippen LogP contribution >= 0.6 is 11.3 Å². The fourth-order valence-electron chi connectivity index (χ4n) is 2.23. The first kappa shape index (κ1) is 16.3. The highest BCUT2D eigenvalue weighted by Crippen LogP contribution is 2.36. The van der Waals surface area contributed by atoms with Crippen LogP contribution in [0, 0.1) is 5.82 Å². The van der Waals surface area contributed by atoms with Crippen LogP contribution < -0.4 is 0 Å². The third-order valence-electron chi connectivity index (χ3n) is 3.28. The van der Waals surface area contributed by atoms with Crippen molar-refractivity contribution in [1.29, 1.82) is 0 Å². The van der Waals surface area contributed by atoms with Gasteiger partial charge in [-0.3, -0.25) is 0 Å². The molecule has 2 heterocycles.